The van der Waals surface area contributed by atoms with Crippen LogP contribution in [0.15, 0.2) is 60.9 Å². The van der Waals surface area contributed by atoms with Crippen LogP contribution in [0.25, 0.3) is 23.3 Å². The van der Waals surface area contributed by atoms with Crippen LogP contribution in [0.1, 0.15) is 41.2 Å². The molecule has 0 fully saturated rings. The molecule has 2 aromatic carbocycles. The lowest BCUT2D eigenvalue weighted by Gasteiger charge is -2.21. The Morgan fingerprint density at radius 2 is 1.84 bits per heavy atom. The maximum atomic E-state index is 11.4. The number of aliphatic hydroxyl groups excluding tert-OH is 1. The lowest BCUT2D eigenvalue weighted by Crippen LogP contribution is -2.32. The van der Waals surface area contributed by atoms with Crippen LogP contribution in [0.4, 0.5) is 0 Å². The molecule has 0 radical (unpaired) electrons. The number of aliphatic hydroxyl groups is 1. The molecule has 160 valence electrons. The normalized spacial score (nSPS) is 13.3. The van der Waals surface area contributed by atoms with E-state index in [0.29, 0.717) is 12.8 Å². The van der Waals surface area contributed by atoms with Crippen LogP contribution in [0.2, 0.25) is 0 Å². The van der Waals surface area contributed by atoms with Gasteiger partial charge in [0.2, 0.25) is 0 Å². The zero-order valence-electron chi connectivity index (χ0n) is 18.3. The first-order valence-corrected chi connectivity index (χ1v) is 10.5. The van der Waals surface area contributed by atoms with E-state index in [1.54, 1.807) is 13.1 Å². The van der Waals surface area contributed by atoms with Crippen molar-refractivity contribution in [2.75, 3.05) is 6.61 Å². The van der Waals surface area contributed by atoms with Gasteiger partial charge in [0, 0.05) is 18.0 Å². The Hall–Kier alpha value is -3.24. The van der Waals surface area contributed by atoms with Crippen LogP contribution >= 0.6 is 0 Å². The predicted octanol–water partition coefficient (Wildman–Crippen LogP) is 5.55. The first kappa shape index (κ1) is 22.4. The van der Waals surface area contributed by atoms with Gasteiger partial charge < -0.3 is 10.2 Å². The molecule has 1 atom stereocenters. The van der Waals surface area contributed by atoms with E-state index in [1.165, 1.54) is 5.56 Å². The molecular formula is C27H29NO3. The van der Waals surface area contributed by atoms with Crippen molar-refractivity contribution in [3.63, 3.8) is 0 Å². The number of hydrogen-bond donors (Lipinski definition) is 2. The predicted molar refractivity (Wildman–Crippen MR) is 126 cm³/mol. The molecule has 0 spiro atoms. The third-order valence-electron chi connectivity index (χ3n) is 5.97. The minimum Gasteiger partial charge on any atom is -0.481 e. The third-order valence-corrected chi connectivity index (χ3v) is 5.97. The molecule has 3 aromatic rings. The maximum Gasteiger partial charge on any atom is 0.311 e. The van der Waals surface area contributed by atoms with Gasteiger partial charge in [0.1, 0.15) is 0 Å². The van der Waals surface area contributed by atoms with Crippen LogP contribution < -0.4 is 0 Å². The number of carboxylic acids is 1. The Morgan fingerprint density at radius 3 is 2.52 bits per heavy atom. The van der Waals surface area contributed by atoms with Crippen LogP contribution in [0.3, 0.4) is 0 Å². The van der Waals surface area contributed by atoms with Crippen molar-refractivity contribution in [3.8, 4) is 11.1 Å². The van der Waals surface area contributed by atoms with E-state index >= 15 is 0 Å². The lowest BCUT2D eigenvalue weighted by atomic mass is 9.84. The number of rotatable bonds is 8. The monoisotopic (exact) mass is 415 g/mol. The Morgan fingerprint density at radius 1 is 1.06 bits per heavy atom. The van der Waals surface area contributed by atoms with E-state index in [-0.39, 0.29) is 6.61 Å². The summed E-state index contributed by atoms with van der Waals surface area (Å²) in [7, 11) is 0. The van der Waals surface area contributed by atoms with Crippen molar-refractivity contribution in [3.05, 3.63) is 88.7 Å². The van der Waals surface area contributed by atoms with Crippen LogP contribution in [0.5, 0.6) is 0 Å². The van der Waals surface area contributed by atoms with Crippen molar-refractivity contribution >= 4 is 18.1 Å². The summed E-state index contributed by atoms with van der Waals surface area (Å²) in [5.74, 6) is -0.966. The molecular weight excluding hydrogens is 386 g/mol. The second-order valence-corrected chi connectivity index (χ2v) is 8.31. The Balaban J connectivity index is 1.83. The van der Waals surface area contributed by atoms with E-state index in [2.05, 4.69) is 67.4 Å². The van der Waals surface area contributed by atoms with Crippen LogP contribution in [-0.4, -0.2) is 27.8 Å². The molecule has 0 aliphatic heterocycles. The van der Waals surface area contributed by atoms with E-state index in [1.807, 2.05) is 18.3 Å². The van der Waals surface area contributed by atoms with Crippen LogP contribution in [-0.2, 0) is 11.2 Å². The summed E-state index contributed by atoms with van der Waals surface area (Å²) < 4.78 is 0. The second kappa shape index (κ2) is 9.71. The first-order valence-electron chi connectivity index (χ1n) is 10.5. The number of carbonyl (C=O) groups is 1. The zero-order chi connectivity index (χ0) is 22.4. The standard InChI is InChI=1S/C27H29NO3/c1-19-9-10-21(13-14-27(3,18-29)26(30)31)16-23(19)12-11-22-6-4-8-25(20(22)2)24-7-5-15-28-17-24/h4-12,15-17,29H,13-14,18H2,1-3H3,(H,30,31)/b12-11+/t27-/m0/s1. The summed E-state index contributed by atoms with van der Waals surface area (Å²) in [6.07, 6.45) is 8.86. The van der Waals surface area contributed by atoms with E-state index in [4.69, 9.17) is 0 Å². The molecule has 0 saturated heterocycles. The highest BCUT2D eigenvalue weighted by molar-refractivity contribution is 5.78. The number of aryl methyl sites for hydroxylation is 2. The Labute approximate surface area is 183 Å². The largest absolute Gasteiger partial charge is 0.481 e. The average Bonchev–Trinajstić information content (AvgIpc) is 2.78. The van der Waals surface area contributed by atoms with Gasteiger partial charge in [-0.05, 0) is 73.1 Å². The fourth-order valence-corrected chi connectivity index (χ4v) is 3.55. The summed E-state index contributed by atoms with van der Waals surface area (Å²) in [4.78, 5) is 15.7. The molecule has 31 heavy (non-hydrogen) atoms. The van der Waals surface area contributed by atoms with Gasteiger partial charge in [-0.3, -0.25) is 9.78 Å². The highest BCUT2D eigenvalue weighted by Gasteiger charge is 2.31. The average molecular weight is 416 g/mol. The summed E-state index contributed by atoms with van der Waals surface area (Å²) in [6.45, 7) is 5.40. The van der Waals surface area contributed by atoms with Gasteiger partial charge in [-0.25, -0.2) is 0 Å². The molecule has 4 nitrogen and oxygen atoms in total. The first-order chi connectivity index (χ1) is 14.8. The number of nitrogens with zero attached hydrogens (tertiary/aromatic N) is 1. The van der Waals surface area contributed by atoms with Crippen molar-refractivity contribution in [1.29, 1.82) is 0 Å². The number of carboxylic acid groups (broad SMARTS) is 1. The summed E-state index contributed by atoms with van der Waals surface area (Å²) in [5, 5.41) is 18.9. The Kier molecular flexibility index (Phi) is 7.03. The van der Waals surface area contributed by atoms with Gasteiger partial charge in [-0.1, -0.05) is 54.6 Å². The fraction of sp³-hybridized carbons (Fsp3) is 0.259. The molecule has 0 aliphatic carbocycles. The summed E-state index contributed by atoms with van der Waals surface area (Å²) in [5.41, 5.74) is 6.80. The van der Waals surface area contributed by atoms with Gasteiger partial charge in [-0.15, -0.1) is 0 Å². The van der Waals surface area contributed by atoms with Gasteiger partial charge >= 0.3 is 5.97 Å². The Bertz CT molecular complexity index is 1090. The second-order valence-electron chi connectivity index (χ2n) is 8.31. The van der Waals surface area contributed by atoms with Gasteiger partial charge in [-0.2, -0.15) is 0 Å². The molecule has 4 heteroatoms. The molecule has 0 saturated carbocycles. The molecule has 0 unspecified atom stereocenters. The maximum absolute atomic E-state index is 11.4. The smallest absolute Gasteiger partial charge is 0.311 e. The van der Waals surface area contributed by atoms with Crippen molar-refractivity contribution < 1.29 is 15.0 Å². The molecule has 1 aromatic heterocycles. The zero-order valence-corrected chi connectivity index (χ0v) is 18.3. The van der Waals surface area contributed by atoms with Gasteiger partial charge in [0.15, 0.2) is 0 Å². The molecule has 0 bridgehead atoms. The quantitative estimate of drug-likeness (QED) is 0.473. The minimum absolute atomic E-state index is 0.368. The third kappa shape index (κ3) is 5.28. The molecule has 1 heterocycles. The number of aliphatic carboxylic acids is 1. The van der Waals surface area contributed by atoms with Crippen molar-refractivity contribution in [2.24, 2.45) is 5.41 Å². The van der Waals surface area contributed by atoms with Crippen molar-refractivity contribution in [2.45, 2.75) is 33.6 Å². The van der Waals surface area contributed by atoms with E-state index in [9.17, 15) is 15.0 Å². The molecule has 2 N–H and O–H groups in total. The molecule has 3 rings (SSSR count). The molecule has 0 aliphatic rings. The van der Waals surface area contributed by atoms with Crippen LogP contribution in [0, 0.1) is 19.3 Å². The number of pyridine rings is 1. The number of aromatic nitrogens is 1. The highest BCUT2D eigenvalue weighted by Crippen LogP contribution is 2.27. The van der Waals surface area contributed by atoms with Gasteiger partial charge in [0.05, 0.1) is 12.0 Å². The number of benzene rings is 2. The summed E-state index contributed by atoms with van der Waals surface area (Å²) in [6, 6.07) is 16.5. The fourth-order valence-electron chi connectivity index (χ4n) is 3.55. The minimum atomic E-state index is -1.12. The topological polar surface area (TPSA) is 70.4 Å². The van der Waals surface area contributed by atoms with Gasteiger partial charge in [0.25, 0.3) is 0 Å². The highest BCUT2D eigenvalue weighted by atomic mass is 16.4. The lowest BCUT2D eigenvalue weighted by molar-refractivity contribution is -0.150. The van der Waals surface area contributed by atoms with E-state index in [0.717, 1.165) is 33.4 Å². The number of hydrogen-bond acceptors (Lipinski definition) is 3. The summed E-state index contributed by atoms with van der Waals surface area (Å²) >= 11 is 0. The SMILES string of the molecule is Cc1ccc(CC[C@@](C)(CO)C(=O)O)cc1/C=C/c1cccc(-c2cccnc2)c1C. The van der Waals surface area contributed by atoms with E-state index < -0.39 is 11.4 Å². The van der Waals surface area contributed by atoms with Crippen molar-refractivity contribution in [1.82, 2.24) is 4.98 Å². The molecule has 0 amide bonds.